The lowest BCUT2D eigenvalue weighted by Gasteiger charge is -2.23. The van der Waals surface area contributed by atoms with E-state index in [9.17, 15) is 19.5 Å². The number of thiazole rings is 1. The van der Waals surface area contributed by atoms with Gasteiger partial charge in [0.25, 0.3) is 5.78 Å². The molecule has 35 heavy (non-hydrogen) atoms. The van der Waals surface area contributed by atoms with Crippen LogP contribution in [0.1, 0.15) is 32.5 Å². The molecule has 3 aromatic rings. The second-order valence-electron chi connectivity index (χ2n) is 7.61. The number of ketones is 1. The summed E-state index contributed by atoms with van der Waals surface area (Å²) in [5.74, 6) is -2.04. The number of amides is 1. The number of aliphatic hydroxyl groups is 1. The molecule has 1 N–H and O–H groups in total. The predicted octanol–water partition coefficient (Wildman–Crippen LogP) is 4.43. The zero-order chi connectivity index (χ0) is 25.1. The van der Waals surface area contributed by atoms with Crippen LogP contribution in [0.2, 0.25) is 0 Å². The fourth-order valence-corrected chi connectivity index (χ4v) is 4.75. The number of anilines is 1. The van der Waals surface area contributed by atoms with Crippen LogP contribution >= 0.6 is 11.3 Å². The van der Waals surface area contributed by atoms with Gasteiger partial charge in [0.1, 0.15) is 23.0 Å². The Labute approximate surface area is 205 Å². The highest BCUT2D eigenvalue weighted by molar-refractivity contribution is 7.17. The predicted molar refractivity (Wildman–Crippen MR) is 132 cm³/mol. The Morgan fingerprint density at radius 1 is 1.17 bits per heavy atom. The Hall–Kier alpha value is -4.24. The fraction of sp³-hybridized carbons (Fsp3) is 0.154. The number of carbonyl (C=O) groups excluding carboxylic acids is 3. The van der Waals surface area contributed by atoms with Gasteiger partial charge in [-0.25, -0.2) is 9.78 Å². The zero-order valence-electron chi connectivity index (χ0n) is 19.1. The zero-order valence-corrected chi connectivity index (χ0v) is 19.9. The molecule has 1 fully saturated rings. The SMILES string of the molecule is C=CCOC(=O)c1sc(N2C(=O)C(=O)/C(=C(\O)c3ccc(OC)cc3)C2c2ccccc2)nc1C. The van der Waals surface area contributed by atoms with E-state index in [4.69, 9.17) is 9.47 Å². The summed E-state index contributed by atoms with van der Waals surface area (Å²) in [7, 11) is 1.52. The summed E-state index contributed by atoms with van der Waals surface area (Å²) >= 11 is 0.946. The minimum absolute atomic E-state index is 0.0297. The highest BCUT2D eigenvalue weighted by Gasteiger charge is 2.48. The molecule has 178 valence electrons. The lowest BCUT2D eigenvalue weighted by atomic mass is 9.95. The molecule has 1 amide bonds. The number of hydrogen-bond acceptors (Lipinski definition) is 8. The van der Waals surface area contributed by atoms with Gasteiger partial charge in [-0.1, -0.05) is 54.3 Å². The number of benzene rings is 2. The summed E-state index contributed by atoms with van der Waals surface area (Å²) < 4.78 is 10.3. The van der Waals surface area contributed by atoms with Crippen molar-refractivity contribution in [2.45, 2.75) is 13.0 Å². The van der Waals surface area contributed by atoms with Crippen LogP contribution in [0.4, 0.5) is 5.13 Å². The van der Waals surface area contributed by atoms with Crippen LogP contribution in [0.5, 0.6) is 5.75 Å². The molecule has 9 heteroatoms. The minimum Gasteiger partial charge on any atom is -0.507 e. The van der Waals surface area contributed by atoms with Crippen molar-refractivity contribution in [1.82, 2.24) is 4.98 Å². The van der Waals surface area contributed by atoms with Gasteiger partial charge in [-0.2, -0.15) is 0 Å². The molecule has 1 aliphatic rings. The lowest BCUT2D eigenvalue weighted by molar-refractivity contribution is -0.132. The van der Waals surface area contributed by atoms with Gasteiger partial charge in [-0.3, -0.25) is 14.5 Å². The Balaban J connectivity index is 1.85. The molecule has 2 heterocycles. The van der Waals surface area contributed by atoms with Crippen LogP contribution in [0, 0.1) is 6.92 Å². The van der Waals surface area contributed by atoms with Crippen LogP contribution in [0.25, 0.3) is 5.76 Å². The third kappa shape index (κ3) is 4.45. The van der Waals surface area contributed by atoms with E-state index in [0.717, 1.165) is 11.3 Å². The molecule has 1 saturated heterocycles. The van der Waals surface area contributed by atoms with Gasteiger partial charge in [0.2, 0.25) is 0 Å². The van der Waals surface area contributed by atoms with Crippen molar-refractivity contribution in [3.05, 3.63) is 94.5 Å². The normalized spacial score (nSPS) is 16.9. The van der Waals surface area contributed by atoms with Gasteiger partial charge >= 0.3 is 11.9 Å². The number of Topliss-reactive ketones (excluding diaryl/α,β-unsaturated/α-hetero) is 1. The Morgan fingerprint density at radius 3 is 2.49 bits per heavy atom. The van der Waals surface area contributed by atoms with Gasteiger partial charge in [-0.05, 0) is 36.8 Å². The number of rotatable bonds is 7. The maximum absolute atomic E-state index is 13.2. The minimum atomic E-state index is -0.944. The van der Waals surface area contributed by atoms with Gasteiger partial charge in [0.15, 0.2) is 5.13 Å². The first-order valence-corrected chi connectivity index (χ1v) is 11.4. The molecule has 1 aromatic heterocycles. The highest BCUT2D eigenvalue weighted by Crippen LogP contribution is 2.43. The van der Waals surface area contributed by atoms with Crippen molar-refractivity contribution < 1.29 is 29.0 Å². The summed E-state index contributed by atoms with van der Waals surface area (Å²) in [5.41, 5.74) is 1.25. The van der Waals surface area contributed by atoms with E-state index in [1.165, 1.54) is 18.1 Å². The number of aryl methyl sites for hydroxylation is 1. The largest absolute Gasteiger partial charge is 0.507 e. The van der Waals surface area contributed by atoms with Crippen molar-refractivity contribution in [3.8, 4) is 5.75 Å². The average Bonchev–Trinajstić information content (AvgIpc) is 3.39. The molecular formula is C26H22N2O6S. The van der Waals surface area contributed by atoms with Gasteiger partial charge in [0.05, 0.1) is 24.4 Å². The summed E-state index contributed by atoms with van der Waals surface area (Å²) in [6.45, 7) is 5.17. The van der Waals surface area contributed by atoms with E-state index in [1.807, 2.05) is 0 Å². The highest BCUT2D eigenvalue weighted by atomic mass is 32.1. The first kappa shape index (κ1) is 23.9. The van der Waals surface area contributed by atoms with Crippen molar-refractivity contribution in [2.24, 2.45) is 0 Å². The maximum atomic E-state index is 13.2. The molecule has 8 nitrogen and oxygen atoms in total. The van der Waals surface area contributed by atoms with E-state index < -0.39 is 23.7 Å². The molecular weight excluding hydrogens is 468 g/mol. The van der Waals surface area contributed by atoms with Crippen molar-refractivity contribution in [3.63, 3.8) is 0 Å². The van der Waals surface area contributed by atoms with Crippen LogP contribution in [0.15, 0.2) is 72.8 Å². The third-order valence-corrected chi connectivity index (χ3v) is 6.57. The Kier molecular flexibility index (Phi) is 6.79. The smallest absolute Gasteiger partial charge is 0.350 e. The van der Waals surface area contributed by atoms with E-state index in [0.29, 0.717) is 22.6 Å². The number of hydrogen-bond donors (Lipinski definition) is 1. The van der Waals surface area contributed by atoms with Gasteiger partial charge < -0.3 is 14.6 Å². The number of methoxy groups -OCH3 is 1. The number of aromatic nitrogens is 1. The lowest BCUT2D eigenvalue weighted by Crippen LogP contribution is -2.29. The second-order valence-corrected chi connectivity index (χ2v) is 8.58. The number of ether oxygens (including phenoxy) is 2. The standard InChI is InChI=1S/C26H22N2O6S/c1-4-14-34-25(32)23-15(2)27-26(35-23)28-20(16-8-6-5-7-9-16)19(22(30)24(28)31)21(29)17-10-12-18(33-3)13-11-17/h4-13,20,29H,1,14H2,2-3H3/b21-19-. The number of esters is 1. The number of nitrogens with zero attached hydrogens (tertiary/aromatic N) is 2. The number of carbonyl (C=O) groups is 3. The Morgan fingerprint density at radius 2 is 1.86 bits per heavy atom. The average molecular weight is 491 g/mol. The number of aliphatic hydroxyl groups excluding tert-OH is 1. The van der Waals surface area contributed by atoms with Crippen LogP contribution in [0.3, 0.4) is 0 Å². The van der Waals surface area contributed by atoms with E-state index >= 15 is 0 Å². The topological polar surface area (TPSA) is 106 Å². The van der Waals surface area contributed by atoms with Crippen LogP contribution in [-0.2, 0) is 14.3 Å². The monoisotopic (exact) mass is 490 g/mol. The second kappa shape index (κ2) is 9.94. The third-order valence-electron chi connectivity index (χ3n) is 5.43. The molecule has 0 aliphatic carbocycles. The summed E-state index contributed by atoms with van der Waals surface area (Å²) in [6.07, 6.45) is 1.45. The molecule has 0 saturated carbocycles. The summed E-state index contributed by atoms with van der Waals surface area (Å²) in [6, 6.07) is 14.4. The van der Waals surface area contributed by atoms with E-state index in [1.54, 1.807) is 61.5 Å². The maximum Gasteiger partial charge on any atom is 0.350 e. The first-order valence-electron chi connectivity index (χ1n) is 10.6. The molecule has 0 bridgehead atoms. The molecule has 1 atom stereocenters. The first-order chi connectivity index (χ1) is 16.9. The molecule has 4 rings (SSSR count). The van der Waals surface area contributed by atoms with Crippen molar-refractivity contribution in [2.75, 3.05) is 18.6 Å². The van der Waals surface area contributed by atoms with Gasteiger partial charge in [-0.15, -0.1) is 0 Å². The Bertz CT molecular complexity index is 1330. The molecule has 0 radical (unpaired) electrons. The van der Waals surface area contributed by atoms with Gasteiger partial charge in [0, 0.05) is 5.56 Å². The van der Waals surface area contributed by atoms with E-state index in [-0.39, 0.29) is 27.9 Å². The quantitative estimate of drug-likeness (QED) is 0.172. The molecule has 2 aromatic carbocycles. The molecule has 1 unspecified atom stereocenters. The van der Waals surface area contributed by atoms with E-state index in [2.05, 4.69) is 11.6 Å². The van der Waals surface area contributed by atoms with Crippen LogP contribution < -0.4 is 9.64 Å². The van der Waals surface area contributed by atoms with Crippen molar-refractivity contribution in [1.29, 1.82) is 0 Å². The molecule has 1 aliphatic heterocycles. The molecule has 0 spiro atoms. The van der Waals surface area contributed by atoms with Crippen molar-refractivity contribution >= 4 is 39.9 Å². The summed E-state index contributed by atoms with van der Waals surface area (Å²) in [5, 5.41) is 11.3. The van der Waals surface area contributed by atoms with Crippen LogP contribution in [-0.4, -0.2) is 41.5 Å². The summed E-state index contributed by atoms with van der Waals surface area (Å²) in [4.78, 5) is 44.7. The fourth-order valence-electron chi connectivity index (χ4n) is 3.76.